The van der Waals surface area contributed by atoms with Crippen molar-refractivity contribution in [2.75, 3.05) is 31.1 Å². The van der Waals surface area contributed by atoms with Gasteiger partial charge in [-0.2, -0.15) is 0 Å². The Morgan fingerprint density at radius 1 is 1.00 bits per heavy atom. The van der Waals surface area contributed by atoms with Gasteiger partial charge in [0, 0.05) is 43.5 Å². The van der Waals surface area contributed by atoms with Gasteiger partial charge in [0.2, 0.25) is 5.78 Å². The summed E-state index contributed by atoms with van der Waals surface area (Å²) in [6.45, 7) is 10.3. The number of carbonyl (C=O) groups is 3. The van der Waals surface area contributed by atoms with Crippen LogP contribution >= 0.6 is 0 Å². The summed E-state index contributed by atoms with van der Waals surface area (Å²) in [5.74, 6) is -1.84. The number of esters is 1. The molecule has 0 unspecified atom stereocenters. The zero-order chi connectivity index (χ0) is 25.0. The van der Waals surface area contributed by atoms with E-state index in [2.05, 4.69) is 6.58 Å². The van der Waals surface area contributed by atoms with E-state index >= 15 is 0 Å². The summed E-state index contributed by atoms with van der Waals surface area (Å²) in [4.78, 5) is 52.3. The zero-order valence-electron chi connectivity index (χ0n) is 19.4. The second-order valence-corrected chi connectivity index (χ2v) is 8.91. The van der Waals surface area contributed by atoms with Crippen LogP contribution in [0.4, 0.5) is 11.4 Å². The molecule has 0 atom stereocenters. The SMILES string of the molecule is C=C(C(=O)OC(C)(C)C)C(=O)c1ccc(N2CCN(C(=O)c3ccccc3)CC2)cc1[N+](=O)[O-]. The van der Waals surface area contributed by atoms with E-state index < -0.39 is 33.5 Å². The highest BCUT2D eigenvalue weighted by molar-refractivity contribution is 6.25. The van der Waals surface area contributed by atoms with Gasteiger partial charge in [0.25, 0.3) is 11.6 Å². The van der Waals surface area contributed by atoms with Crippen molar-refractivity contribution in [2.45, 2.75) is 26.4 Å². The summed E-state index contributed by atoms with van der Waals surface area (Å²) in [5.41, 5.74) is -0.797. The van der Waals surface area contributed by atoms with Gasteiger partial charge in [-0.15, -0.1) is 0 Å². The van der Waals surface area contributed by atoms with Crippen LogP contribution in [0.5, 0.6) is 0 Å². The maximum atomic E-state index is 12.8. The number of nitro benzene ring substituents is 1. The topological polar surface area (TPSA) is 110 Å². The molecule has 0 spiro atoms. The van der Waals surface area contributed by atoms with Crippen LogP contribution in [0.2, 0.25) is 0 Å². The molecular weight excluding hydrogens is 438 g/mol. The summed E-state index contributed by atoms with van der Waals surface area (Å²) < 4.78 is 5.15. The first-order valence-electron chi connectivity index (χ1n) is 10.8. The molecule has 0 N–H and O–H groups in total. The molecule has 9 heteroatoms. The number of anilines is 1. The average molecular weight is 466 g/mol. The van der Waals surface area contributed by atoms with Gasteiger partial charge in [0.05, 0.1) is 4.92 Å². The molecule has 1 aliphatic rings. The third-order valence-electron chi connectivity index (χ3n) is 5.29. The van der Waals surface area contributed by atoms with E-state index in [-0.39, 0.29) is 11.5 Å². The van der Waals surface area contributed by atoms with E-state index in [1.807, 2.05) is 23.1 Å². The second kappa shape index (κ2) is 9.86. The summed E-state index contributed by atoms with van der Waals surface area (Å²) in [6, 6.07) is 13.2. The lowest BCUT2D eigenvalue weighted by molar-refractivity contribution is -0.385. The Labute approximate surface area is 197 Å². The number of ketones is 1. The van der Waals surface area contributed by atoms with Gasteiger partial charge in [0.1, 0.15) is 16.7 Å². The first kappa shape index (κ1) is 24.6. The van der Waals surface area contributed by atoms with Crippen LogP contribution < -0.4 is 4.90 Å². The van der Waals surface area contributed by atoms with Crippen molar-refractivity contribution in [3.8, 4) is 0 Å². The maximum absolute atomic E-state index is 12.8. The third-order valence-corrected chi connectivity index (χ3v) is 5.29. The van der Waals surface area contributed by atoms with Gasteiger partial charge >= 0.3 is 5.97 Å². The smallest absolute Gasteiger partial charge is 0.342 e. The molecular formula is C25H27N3O6. The number of piperazine rings is 1. The minimum absolute atomic E-state index is 0.0622. The molecule has 1 saturated heterocycles. The highest BCUT2D eigenvalue weighted by Crippen LogP contribution is 2.29. The van der Waals surface area contributed by atoms with Gasteiger partial charge in [-0.05, 0) is 45.0 Å². The lowest BCUT2D eigenvalue weighted by Crippen LogP contribution is -2.48. The van der Waals surface area contributed by atoms with Crippen molar-refractivity contribution in [3.05, 3.63) is 81.9 Å². The Kier molecular flexibility index (Phi) is 7.14. The number of nitro groups is 1. The Balaban J connectivity index is 1.74. The fourth-order valence-corrected chi connectivity index (χ4v) is 3.59. The molecule has 1 heterocycles. The normalized spacial score (nSPS) is 13.9. The molecule has 1 fully saturated rings. The molecule has 3 rings (SSSR count). The summed E-state index contributed by atoms with van der Waals surface area (Å²) in [7, 11) is 0. The number of nitrogens with zero attached hydrogens (tertiary/aromatic N) is 3. The number of amides is 1. The van der Waals surface area contributed by atoms with Gasteiger partial charge in [-0.1, -0.05) is 24.8 Å². The minimum Gasteiger partial charge on any atom is -0.456 e. The molecule has 0 aliphatic carbocycles. The molecule has 34 heavy (non-hydrogen) atoms. The minimum atomic E-state index is -0.921. The number of hydrogen-bond donors (Lipinski definition) is 0. The number of Topliss-reactive ketones (excluding diaryl/α,β-unsaturated/α-hetero) is 1. The molecule has 178 valence electrons. The summed E-state index contributed by atoms with van der Waals surface area (Å²) >= 11 is 0. The number of hydrogen-bond acceptors (Lipinski definition) is 7. The maximum Gasteiger partial charge on any atom is 0.342 e. The Morgan fingerprint density at radius 2 is 1.62 bits per heavy atom. The van der Waals surface area contributed by atoms with E-state index in [9.17, 15) is 24.5 Å². The van der Waals surface area contributed by atoms with Crippen LogP contribution in [-0.4, -0.2) is 59.3 Å². The van der Waals surface area contributed by atoms with E-state index in [0.717, 1.165) is 0 Å². The lowest BCUT2D eigenvalue weighted by atomic mass is 10.0. The van der Waals surface area contributed by atoms with Gasteiger partial charge in [-0.3, -0.25) is 19.7 Å². The highest BCUT2D eigenvalue weighted by atomic mass is 16.6. The van der Waals surface area contributed by atoms with Crippen LogP contribution in [0.3, 0.4) is 0 Å². The summed E-state index contributed by atoms with van der Waals surface area (Å²) in [6.07, 6.45) is 0. The predicted molar refractivity (Wildman–Crippen MR) is 127 cm³/mol. The average Bonchev–Trinajstić information content (AvgIpc) is 2.81. The molecule has 0 bridgehead atoms. The van der Waals surface area contributed by atoms with E-state index in [0.29, 0.717) is 37.4 Å². The van der Waals surface area contributed by atoms with Gasteiger partial charge < -0.3 is 14.5 Å². The fraction of sp³-hybridized carbons (Fsp3) is 0.320. The number of benzene rings is 2. The quantitative estimate of drug-likeness (QED) is 0.122. The molecule has 2 aromatic carbocycles. The van der Waals surface area contributed by atoms with Crippen molar-refractivity contribution in [1.82, 2.24) is 4.90 Å². The summed E-state index contributed by atoms with van der Waals surface area (Å²) in [5, 5.41) is 11.7. The second-order valence-electron chi connectivity index (χ2n) is 8.91. The van der Waals surface area contributed by atoms with Crippen LogP contribution in [0.1, 0.15) is 41.5 Å². The number of rotatable bonds is 6. The zero-order valence-corrected chi connectivity index (χ0v) is 19.4. The first-order chi connectivity index (χ1) is 16.0. The standard InChI is InChI=1S/C25H27N3O6/c1-17(24(31)34-25(2,3)4)22(29)20-11-10-19(16-21(20)28(32)33)26-12-14-27(15-13-26)23(30)18-8-6-5-7-9-18/h5-11,16H,1,12-15H2,2-4H3. The van der Waals surface area contributed by atoms with Crippen molar-refractivity contribution in [2.24, 2.45) is 0 Å². The Morgan fingerprint density at radius 3 is 2.18 bits per heavy atom. The fourth-order valence-electron chi connectivity index (χ4n) is 3.59. The van der Waals surface area contributed by atoms with Crippen LogP contribution in [-0.2, 0) is 9.53 Å². The van der Waals surface area contributed by atoms with E-state index in [4.69, 9.17) is 4.74 Å². The largest absolute Gasteiger partial charge is 0.456 e. The molecule has 2 aromatic rings. The Bertz CT molecular complexity index is 1130. The van der Waals surface area contributed by atoms with Gasteiger partial charge in [0.15, 0.2) is 0 Å². The predicted octanol–water partition coefficient (Wildman–Crippen LogP) is 3.64. The van der Waals surface area contributed by atoms with Crippen molar-refractivity contribution in [1.29, 1.82) is 0 Å². The highest BCUT2D eigenvalue weighted by Gasteiger charge is 2.30. The van der Waals surface area contributed by atoms with Crippen LogP contribution in [0.15, 0.2) is 60.7 Å². The third kappa shape index (κ3) is 5.67. The van der Waals surface area contributed by atoms with Crippen molar-refractivity contribution in [3.63, 3.8) is 0 Å². The number of ether oxygens (including phenoxy) is 1. The molecule has 1 amide bonds. The van der Waals surface area contributed by atoms with Crippen molar-refractivity contribution < 1.29 is 24.0 Å². The van der Waals surface area contributed by atoms with Crippen LogP contribution in [0.25, 0.3) is 0 Å². The van der Waals surface area contributed by atoms with Crippen LogP contribution in [0, 0.1) is 10.1 Å². The lowest BCUT2D eigenvalue weighted by Gasteiger charge is -2.36. The Hall–Kier alpha value is -4.01. The number of carbonyl (C=O) groups excluding carboxylic acids is 3. The van der Waals surface area contributed by atoms with E-state index in [1.165, 1.54) is 12.1 Å². The molecule has 9 nitrogen and oxygen atoms in total. The first-order valence-corrected chi connectivity index (χ1v) is 10.8. The van der Waals surface area contributed by atoms with Gasteiger partial charge in [-0.25, -0.2) is 4.79 Å². The van der Waals surface area contributed by atoms with Crippen molar-refractivity contribution >= 4 is 29.0 Å². The molecule has 0 saturated carbocycles. The molecule has 0 aromatic heterocycles. The molecule has 0 radical (unpaired) electrons. The monoisotopic (exact) mass is 465 g/mol. The van der Waals surface area contributed by atoms with E-state index in [1.54, 1.807) is 43.9 Å². The molecule has 1 aliphatic heterocycles.